The van der Waals surface area contributed by atoms with Gasteiger partial charge in [0.1, 0.15) is 0 Å². The van der Waals surface area contributed by atoms with Crippen LogP contribution in [0.25, 0.3) is 0 Å². The molecule has 0 atom stereocenters. The number of nitrogens with one attached hydrogen (secondary N) is 1. The zero-order valence-corrected chi connectivity index (χ0v) is 9.22. The lowest BCUT2D eigenvalue weighted by molar-refractivity contribution is 0.101. The number of aryl methyl sites for hydroxylation is 1. The van der Waals surface area contributed by atoms with Crippen LogP contribution in [0.3, 0.4) is 0 Å². The topological polar surface area (TPSA) is 67.0 Å². The second-order valence-electron chi connectivity index (χ2n) is 3.57. The smallest absolute Gasteiger partial charge is 0.259 e. The number of hydrogen-bond acceptors (Lipinski definition) is 3. The van der Waals surface area contributed by atoms with Crippen molar-refractivity contribution in [1.29, 1.82) is 0 Å². The Morgan fingerprint density at radius 2 is 1.47 bits per heavy atom. The lowest BCUT2D eigenvalue weighted by atomic mass is 9.98. The molecule has 0 saturated heterocycles. The average Bonchev–Trinajstić information content (AvgIpc) is 1.99. The Labute approximate surface area is 87.3 Å². The fraction of sp³-hybridized carbons (Fsp3) is 0.364. The van der Waals surface area contributed by atoms with E-state index < -0.39 is 5.56 Å². The second-order valence-corrected chi connectivity index (χ2v) is 3.57. The van der Waals surface area contributed by atoms with Crippen LogP contribution in [0.4, 0.5) is 0 Å². The van der Waals surface area contributed by atoms with Gasteiger partial charge in [0.2, 0.25) is 0 Å². The number of ketones is 2. The molecule has 0 saturated carbocycles. The van der Waals surface area contributed by atoms with Crippen molar-refractivity contribution < 1.29 is 9.59 Å². The Balaban J connectivity index is 3.72. The summed E-state index contributed by atoms with van der Waals surface area (Å²) < 4.78 is 0. The van der Waals surface area contributed by atoms with E-state index in [0.717, 1.165) is 0 Å². The summed E-state index contributed by atoms with van der Waals surface area (Å²) in [6.07, 6.45) is 0. The monoisotopic (exact) mass is 207 g/mol. The standard InChI is InChI=1S/C11H13NO3/c1-5-9(7(3)13)6(2)12-11(15)10(5)8(4)14/h1-4H3,(H,12,15). The normalized spacial score (nSPS) is 10.1. The van der Waals surface area contributed by atoms with Gasteiger partial charge in [-0.15, -0.1) is 0 Å². The van der Waals surface area contributed by atoms with Crippen LogP contribution in [0.5, 0.6) is 0 Å². The summed E-state index contributed by atoms with van der Waals surface area (Å²) in [6.45, 7) is 6.00. The van der Waals surface area contributed by atoms with E-state index >= 15 is 0 Å². The molecule has 1 N–H and O–H groups in total. The van der Waals surface area contributed by atoms with Crippen molar-refractivity contribution in [2.45, 2.75) is 27.7 Å². The van der Waals surface area contributed by atoms with Gasteiger partial charge < -0.3 is 4.98 Å². The first-order valence-corrected chi connectivity index (χ1v) is 4.61. The Morgan fingerprint density at radius 1 is 1.00 bits per heavy atom. The third-order valence-electron chi connectivity index (χ3n) is 2.36. The molecule has 0 radical (unpaired) electrons. The molecule has 1 heterocycles. The number of aromatic amines is 1. The minimum atomic E-state index is -0.428. The van der Waals surface area contributed by atoms with Crippen LogP contribution >= 0.6 is 0 Å². The van der Waals surface area contributed by atoms with Crippen molar-refractivity contribution in [3.63, 3.8) is 0 Å². The molecule has 0 amide bonds. The van der Waals surface area contributed by atoms with Crippen LogP contribution in [-0.4, -0.2) is 16.6 Å². The predicted octanol–water partition coefficient (Wildman–Crippen LogP) is 1.40. The van der Waals surface area contributed by atoms with Gasteiger partial charge in [0.15, 0.2) is 11.6 Å². The fourth-order valence-electron chi connectivity index (χ4n) is 1.82. The van der Waals surface area contributed by atoms with Crippen LogP contribution in [-0.2, 0) is 0 Å². The number of carbonyl (C=O) groups excluding carboxylic acids is 2. The van der Waals surface area contributed by atoms with Crippen molar-refractivity contribution in [2.24, 2.45) is 0 Å². The molecule has 0 unspecified atom stereocenters. The quantitative estimate of drug-likeness (QED) is 0.745. The van der Waals surface area contributed by atoms with Crippen molar-refractivity contribution in [1.82, 2.24) is 4.98 Å². The van der Waals surface area contributed by atoms with Crippen molar-refractivity contribution >= 4 is 11.6 Å². The lowest BCUT2D eigenvalue weighted by Crippen LogP contribution is -2.22. The average molecular weight is 207 g/mol. The number of carbonyl (C=O) groups is 2. The number of hydrogen-bond donors (Lipinski definition) is 1. The van der Waals surface area contributed by atoms with Gasteiger partial charge in [0.25, 0.3) is 5.56 Å². The summed E-state index contributed by atoms with van der Waals surface area (Å²) in [5.74, 6) is -0.472. The third-order valence-corrected chi connectivity index (χ3v) is 2.36. The van der Waals surface area contributed by atoms with Gasteiger partial charge in [-0.25, -0.2) is 0 Å². The van der Waals surface area contributed by atoms with Crippen LogP contribution in [0, 0.1) is 13.8 Å². The number of H-pyrrole nitrogens is 1. The number of Topliss-reactive ketones (excluding diaryl/α,β-unsaturated/α-hetero) is 2. The molecular weight excluding hydrogens is 194 g/mol. The van der Waals surface area contributed by atoms with Crippen molar-refractivity contribution in [3.8, 4) is 0 Å². The highest BCUT2D eigenvalue weighted by molar-refractivity contribution is 6.02. The van der Waals surface area contributed by atoms with E-state index in [1.807, 2.05) is 0 Å². The van der Waals surface area contributed by atoms with Crippen molar-refractivity contribution in [2.75, 3.05) is 0 Å². The highest BCUT2D eigenvalue weighted by atomic mass is 16.1. The van der Waals surface area contributed by atoms with Crippen LogP contribution < -0.4 is 5.56 Å². The molecule has 0 bridgehead atoms. The van der Waals surface area contributed by atoms with Crippen LogP contribution in [0.1, 0.15) is 45.8 Å². The van der Waals surface area contributed by atoms with Crippen LogP contribution in [0.15, 0.2) is 4.79 Å². The number of rotatable bonds is 2. The SMILES string of the molecule is CC(=O)c1c(C)[nH]c(=O)c(C(C)=O)c1C. The molecule has 4 heteroatoms. The van der Waals surface area contributed by atoms with Gasteiger partial charge in [-0.05, 0) is 33.3 Å². The van der Waals surface area contributed by atoms with Gasteiger partial charge in [-0.1, -0.05) is 0 Å². The maximum atomic E-state index is 11.5. The van der Waals surface area contributed by atoms with Gasteiger partial charge in [-0.3, -0.25) is 14.4 Å². The molecular formula is C11H13NO3. The summed E-state index contributed by atoms with van der Waals surface area (Å²) in [5.41, 5.74) is 1.05. The van der Waals surface area contributed by atoms with E-state index in [9.17, 15) is 14.4 Å². The van der Waals surface area contributed by atoms with E-state index in [-0.39, 0.29) is 17.1 Å². The van der Waals surface area contributed by atoms with Crippen LogP contribution in [0.2, 0.25) is 0 Å². The van der Waals surface area contributed by atoms with Gasteiger partial charge in [0, 0.05) is 11.3 Å². The van der Waals surface area contributed by atoms with Gasteiger partial charge >= 0.3 is 0 Å². The van der Waals surface area contributed by atoms with E-state index in [0.29, 0.717) is 16.8 Å². The summed E-state index contributed by atoms with van der Waals surface area (Å²) in [4.78, 5) is 36.6. The molecule has 0 aliphatic carbocycles. The fourth-order valence-corrected chi connectivity index (χ4v) is 1.82. The molecule has 1 aromatic rings. The Morgan fingerprint density at radius 3 is 1.87 bits per heavy atom. The van der Waals surface area contributed by atoms with E-state index in [1.165, 1.54) is 13.8 Å². The van der Waals surface area contributed by atoms with E-state index in [2.05, 4.69) is 4.98 Å². The number of pyridine rings is 1. The molecule has 1 rings (SSSR count). The molecule has 15 heavy (non-hydrogen) atoms. The van der Waals surface area contributed by atoms with E-state index in [4.69, 9.17) is 0 Å². The summed E-state index contributed by atoms with van der Waals surface area (Å²) in [7, 11) is 0. The molecule has 0 aliphatic rings. The minimum absolute atomic E-state index is 0.0748. The molecule has 4 nitrogen and oxygen atoms in total. The first kappa shape index (κ1) is 11.4. The summed E-state index contributed by atoms with van der Waals surface area (Å²) in [5, 5.41) is 0. The molecule has 0 aromatic carbocycles. The van der Waals surface area contributed by atoms with Crippen molar-refractivity contribution in [3.05, 3.63) is 32.7 Å². The second kappa shape index (κ2) is 3.81. The highest BCUT2D eigenvalue weighted by Crippen LogP contribution is 2.14. The summed E-state index contributed by atoms with van der Waals surface area (Å²) in [6, 6.07) is 0. The Bertz CT molecular complexity index is 497. The van der Waals surface area contributed by atoms with E-state index in [1.54, 1.807) is 13.8 Å². The zero-order chi connectivity index (χ0) is 11.7. The largest absolute Gasteiger partial charge is 0.325 e. The molecule has 80 valence electrons. The predicted molar refractivity (Wildman–Crippen MR) is 56.5 cm³/mol. The number of aromatic nitrogens is 1. The molecule has 0 aliphatic heterocycles. The Kier molecular flexibility index (Phi) is 2.88. The lowest BCUT2D eigenvalue weighted by Gasteiger charge is -2.09. The third kappa shape index (κ3) is 1.88. The summed E-state index contributed by atoms with van der Waals surface area (Å²) >= 11 is 0. The van der Waals surface area contributed by atoms with Gasteiger partial charge in [-0.2, -0.15) is 0 Å². The maximum absolute atomic E-state index is 11.5. The molecule has 0 spiro atoms. The maximum Gasteiger partial charge on any atom is 0.259 e. The highest BCUT2D eigenvalue weighted by Gasteiger charge is 2.17. The first-order valence-electron chi connectivity index (χ1n) is 4.61. The first-order chi connectivity index (χ1) is 6.86. The minimum Gasteiger partial charge on any atom is -0.325 e. The Hall–Kier alpha value is -1.71. The molecule has 0 fully saturated rings. The van der Waals surface area contributed by atoms with Gasteiger partial charge in [0.05, 0.1) is 5.56 Å². The zero-order valence-electron chi connectivity index (χ0n) is 9.22. The molecule has 1 aromatic heterocycles.